The van der Waals surface area contributed by atoms with Crippen molar-refractivity contribution in [1.82, 2.24) is 4.90 Å². The number of carbonyl (C=O) groups excluding carboxylic acids is 1. The quantitative estimate of drug-likeness (QED) is 0.701. The predicted octanol–water partition coefficient (Wildman–Crippen LogP) is 0.769. The van der Waals surface area contributed by atoms with E-state index >= 15 is 0 Å². The van der Waals surface area contributed by atoms with Gasteiger partial charge in [0, 0.05) is 23.9 Å². The van der Waals surface area contributed by atoms with Gasteiger partial charge in [-0.2, -0.15) is 0 Å². The molecule has 1 saturated heterocycles. The Bertz CT molecular complexity index is 559. The van der Waals surface area contributed by atoms with Crippen molar-refractivity contribution in [3.8, 4) is 0 Å². The molecule has 4 N–H and O–H groups in total. The highest BCUT2D eigenvalue weighted by atomic mass is 16.3. The van der Waals surface area contributed by atoms with Crippen LogP contribution in [0, 0.1) is 17.3 Å². The molecule has 6 rings (SSSR count). The Morgan fingerprint density at radius 2 is 1.78 bits per heavy atom. The largest absolute Gasteiger partial charge is 0.390 e. The number of rotatable bonds is 2. The first-order valence-electron chi connectivity index (χ1n) is 9.25. The molecule has 1 heterocycles. The van der Waals surface area contributed by atoms with Crippen molar-refractivity contribution in [3.63, 3.8) is 0 Å². The highest BCUT2D eigenvalue weighted by molar-refractivity contribution is 5.84. The summed E-state index contributed by atoms with van der Waals surface area (Å²) in [7, 11) is 0. The van der Waals surface area contributed by atoms with Crippen molar-refractivity contribution in [2.24, 2.45) is 23.0 Å². The number of nitrogens with zero attached hydrogens (tertiary/aromatic N) is 1. The van der Waals surface area contributed by atoms with Crippen LogP contribution in [0.5, 0.6) is 0 Å². The van der Waals surface area contributed by atoms with E-state index in [0.717, 1.165) is 32.1 Å². The molecule has 6 fully saturated rings. The minimum atomic E-state index is -0.815. The molecule has 0 aromatic rings. The van der Waals surface area contributed by atoms with E-state index < -0.39 is 22.7 Å². The Kier molecular flexibility index (Phi) is 2.63. The van der Waals surface area contributed by atoms with Gasteiger partial charge in [-0.15, -0.1) is 0 Å². The van der Waals surface area contributed by atoms with Crippen LogP contribution in [0.4, 0.5) is 0 Å². The zero-order valence-corrected chi connectivity index (χ0v) is 13.9. The zero-order valence-electron chi connectivity index (χ0n) is 13.9. The third-order valence-corrected chi connectivity index (χ3v) is 7.59. The molecular formula is C18H28N2O3. The second-order valence-corrected chi connectivity index (χ2v) is 9.69. The third kappa shape index (κ3) is 1.93. The van der Waals surface area contributed by atoms with Crippen molar-refractivity contribution >= 4 is 5.91 Å². The average molecular weight is 320 g/mol. The van der Waals surface area contributed by atoms with Gasteiger partial charge < -0.3 is 20.8 Å². The van der Waals surface area contributed by atoms with Crippen LogP contribution in [-0.2, 0) is 4.79 Å². The van der Waals surface area contributed by atoms with E-state index in [-0.39, 0.29) is 11.9 Å². The number of aliphatic hydroxyl groups is 2. The van der Waals surface area contributed by atoms with Crippen molar-refractivity contribution in [3.05, 3.63) is 0 Å². The fraction of sp³-hybridized carbons (Fsp3) is 0.944. The summed E-state index contributed by atoms with van der Waals surface area (Å²) in [4.78, 5) is 15.2. The Hall–Kier alpha value is -0.650. The number of hydrogen-bond acceptors (Lipinski definition) is 4. The molecule has 6 aliphatic rings. The van der Waals surface area contributed by atoms with Crippen LogP contribution >= 0.6 is 0 Å². The van der Waals surface area contributed by atoms with Crippen molar-refractivity contribution < 1.29 is 15.0 Å². The lowest BCUT2D eigenvalue weighted by atomic mass is 9.44. The summed E-state index contributed by atoms with van der Waals surface area (Å²) in [6.45, 7) is 2.12. The minimum absolute atomic E-state index is 0.0663. The second kappa shape index (κ2) is 4.12. The summed E-state index contributed by atoms with van der Waals surface area (Å²) in [5, 5.41) is 21.8. The van der Waals surface area contributed by atoms with Crippen LogP contribution in [0.3, 0.4) is 0 Å². The number of nitrogens with two attached hydrogens (primary N) is 1. The molecule has 1 amide bonds. The highest BCUT2D eigenvalue weighted by Gasteiger charge is 2.66. The third-order valence-electron chi connectivity index (χ3n) is 7.59. The van der Waals surface area contributed by atoms with Crippen LogP contribution < -0.4 is 5.73 Å². The standard InChI is InChI=1S/C18H28N2O3/c1-10-2-12-3-13(12)20(10)15(21)14(19)16-4-11-5-17(22,7-16)9-18(23,6-11)8-16/h10-14,22-23H,2-9,19H2,1H3/t10-,11?,12-,13?,14?,16?,17?,18?/m1/s1. The van der Waals surface area contributed by atoms with E-state index in [9.17, 15) is 15.0 Å². The van der Waals surface area contributed by atoms with Gasteiger partial charge in [0.05, 0.1) is 17.2 Å². The Morgan fingerprint density at radius 3 is 2.30 bits per heavy atom. The van der Waals surface area contributed by atoms with E-state index in [2.05, 4.69) is 6.92 Å². The molecule has 23 heavy (non-hydrogen) atoms. The molecule has 4 unspecified atom stereocenters. The van der Waals surface area contributed by atoms with Crippen LogP contribution in [0.25, 0.3) is 0 Å². The molecule has 4 bridgehead atoms. The van der Waals surface area contributed by atoms with E-state index in [0.29, 0.717) is 37.1 Å². The molecule has 0 aromatic carbocycles. The Morgan fingerprint density at radius 1 is 1.13 bits per heavy atom. The molecule has 5 nitrogen and oxygen atoms in total. The van der Waals surface area contributed by atoms with E-state index in [4.69, 9.17) is 5.73 Å². The maximum absolute atomic E-state index is 13.2. The molecule has 1 aliphatic heterocycles. The highest BCUT2D eigenvalue weighted by Crippen LogP contribution is 2.64. The maximum Gasteiger partial charge on any atom is 0.240 e. The molecule has 0 radical (unpaired) electrons. The summed E-state index contributed by atoms with van der Waals surface area (Å²) in [5.74, 6) is 1.06. The average Bonchev–Trinajstić information content (AvgIpc) is 3.05. The van der Waals surface area contributed by atoms with E-state index in [1.807, 2.05) is 4.90 Å². The number of hydrogen-bond donors (Lipinski definition) is 3. The Labute approximate surface area is 137 Å². The molecule has 0 spiro atoms. The number of likely N-dealkylation sites (tertiary alicyclic amines) is 1. The van der Waals surface area contributed by atoms with Gasteiger partial charge in [0.1, 0.15) is 0 Å². The summed E-state index contributed by atoms with van der Waals surface area (Å²) < 4.78 is 0. The number of carbonyl (C=O) groups is 1. The van der Waals surface area contributed by atoms with E-state index in [1.165, 1.54) is 0 Å². The number of piperidine rings is 1. The summed E-state index contributed by atoms with van der Waals surface area (Å²) in [6.07, 6.45) is 6.29. The Balaban J connectivity index is 1.45. The monoisotopic (exact) mass is 320 g/mol. The fourth-order valence-corrected chi connectivity index (χ4v) is 7.26. The molecular weight excluding hydrogens is 292 g/mol. The minimum Gasteiger partial charge on any atom is -0.390 e. The summed E-state index contributed by atoms with van der Waals surface area (Å²) in [5.41, 5.74) is 4.50. The summed E-state index contributed by atoms with van der Waals surface area (Å²) in [6, 6.07) is 0.117. The lowest BCUT2D eigenvalue weighted by molar-refractivity contribution is -0.234. The normalized spacial score (nSPS) is 57.5. The van der Waals surface area contributed by atoms with E-state index in [1.54, 1.807) is 0 Å². The topological polar surface area (TPSA) is 86.8 Å². The molecule has 5 saturated carbocycles. The van der Waals surface area contributed by atoms with Gasteiger partial charge in [0.25, 0.3) is 0 Å². The predicted molar refractivity (Wildman–Crippen MR) is 84.3 cm³/mol. The van der Waals surface area contributed by atoms with Gasteiger partial charge in [-0.25, -0.2) is 0 Å². The van der Waals surface area contributed by atoms with Gasteiger partial charge in [0.15, 0.2) is 0 Å². The van der Waals surface area contributed by atoms with Gasteiger partial charge in [0.2, 0.25) is 5.91 Å². The molecule has 5 aliphatic carbocycles. The molecule has 0 aromatic heterocycles. The number of fused-ring (bicyclic) bond motifs is 1. The first-order chi connectivity index (χ1) is 10.7. The smallest absolute Gasteiger partial charge is 0.240 e. The molecule has 128 valence electrons. The SMILES string of the molecule is C[C@@H]1C[C@@H]2CC2N1C(=O)C(N)C12CC3CC(O)(CC(O)(C3)C1)C2. The fourth-order valence-electron chi connectivity index (χ4n) is 7.26. The number of amides is 1. The van der Waals surface area contributed by atoms with Crippen molar-refractivity contribution in [1.29, 1.82) is 0 Å². The van der Waals surface area contributed by atoms with Gasteiger partial charge in [-0.05, 0) is 63.7 Å². The van der Waals surface area contributed by atoms with Crippen molar-refractivity contribution in [2.75, 3.05) is 0 Å². The van der Waals surface area contributed by atoms with Gasteiger partial charge in [-0.1, -0.05) is 0 Å². The maximum atomic E-state index is 13.2. The molecule has 5 heteroatoms. The lowest BCUT2D eigenvalue weighted by Gasteiger charge is -2.64. The van der Waals surface area contributed by atoms with Crippen LogP contribution in [-0.4, -0.2) is 50.3 Å². The zero-order chi connectivity index (χ0) is 16.2. The van der Waals surface area contributed by atoms with Crippen LogP contribution in [0.1, 0.15) is 58.3 Å². The second-order valence-electron chi connectivity index (χ2n) is 9.69. The van der Waals surface area contributed by atoms with Crippen molar-refractivity contribution in [2.45, 2.75) is 87.6 Å². The van der Waals surface area contributed by atoms with Gasteiger partial charge >= 0.3 is 0 Å². The lowest BCUT2D eigenvalue weighted by Crippen LogP contribution is -2.69. The first-order valence-corrected chi connectivity index (χ1v) is 9.25. The first kappa shape index (κ1) is 14.7. The van der Waals surface area contributed by atoms with Crippen LogP contribution in [0.2, 0.25) is 0 Å². The van der Waals surface area contributed by atoms with Crippen LogP contribution in [0.15, 0.2) is 0 Å². The molecule has 6 atom stereocenters. The van der Waals surface area contributed by atoms with Gasteiger partial charge in [-0.3, -0.25) is 4.79 Å². The summed E-state index contributed by atoms with van der Waals surface area (Å²) >= 11 is 0.